The summed E-state index contributed by atoms with van der Waals surface area (Å²) in [4.78, 5) is 16.5. The Balaban J connectivity index is 2.18. The van der Waals surface area contributed by atoms with Gasteiger partial charge in [-0.25, -0.2) is 4.98 Å². The molecule has 0 saturated carbocycles. The highest BCUT2D eigenvalue weighted by Crippen LogP contribution is 2.22. The Bertz CT molecular complexity index is 536. The Labute approximate surface area is 103 Å². The summed E-state index contributed by atoms with van der Waals surface area (Å²) in [6.07, 6.45) is 1.75. The summed E-state index contributed by atoms with van der Waals surface area (Å²) in [5.74, 6) is 0.0513. The Morgan fingerprint density at radius 2 is 2.35 bits per heavy atom. The van der Waals surface area contributed by atoms with E-state index in [1.807, 2.05) is 18.2 Å². The molecule has 0 aliphatic heterocycles. The van der Waals surface area contributed by atoms with Crippen molar-refractivity contribution in [3.63, 3.8) is 0 Å². The van der Waals surface area contributed by atoms with Crippen LogP contribution in [-0.4, -0.2) is 10.8 Å². The first-order chi connectivity index (χ1) is 8.19. The maximum Gasteiger partial charge on any atom is 0.187 e. The van der Waals surface area contributed by atoms with Gasteiger partial charge in [-0.1, -0.05) is 12.1 Å². The average Bonchev–Trinajstić information content (AvgIpc) is 2.77. The second kappa shape index (κ2) is 5.07. The highest BCUT2D eigenvalue weighted by molar-refractivity contribution is 7.15. The number of nitrogens with zero attached hydrogens (tertiary/aromatic N) is 1. The fourth-order valence-corrected chi connectivity index (χ4v) is 2.11. The number of benzene rings is 1. The lowest BCUT2D eigenvalue weighted by Crippen LogP contribution is -1.94. The van der Waals surface area contributed by atoms with E-state index in [0.717, 1.165) is 15.7 Å². The molecule has 2 aromatic rings. The molecule has 1 heterocycles. The van der Waals surface area contributed by atoms with Gasteiger partial charge in [-0.15, -0.1) is 11.3 Å². The van der Waals surface area contributed by atoms with Crippen LogP contribution in [0, 0.1) is 0 Å². The number of anilines is 2. The van der Waals surface area contributed by atoms with Crippen LogP contribution in [0.25, 0.3) is 0 Å². The highest BCUT2D eigenvalue weighted by atomic mass is 32.1. The van der Waals surface area contributed by atoms with Crippen molar-refractivity contribution in [2.45, 2.75) is 13.5 Å². The number of carbonyl (C=O) groups is 1. The lowest BCUT2D eigenvalue weighted by molar-refractivity contribution is 0.101. The summed E-state index contributed by atoms with van der Waals surface area (Å²) < 4.78 is 0. The molecular weight excluding hydrogens is 234 g/mol. The van der Waals surface area contributed by atoms with Gasteiger partial charge in [0.25, 0.3) is 0 Å². The maximum atomic E-state index is 11.2. The van der Waals surface area contributed by atoms with Gasteiger partial charge in [0.05, 0.1) is 0 Å². The number of Topliss-reactive ketones (excluding diaryl/α,β-unsaturated/α-hetero) is 1. The molecule has 2 rings (SSSR count). The minimum atomic E-state index is 0.0513. The summed E-state index contributed by atoms with van der Waals surface area (Å²) in [7, 11) is 0. The van der Waals surface area contributed by atoms with E-state index in [0.29, 0.717) is 12.1 Å². The molecule has 0 atom stereocenters. The molecule has 3 N–H and O–H groups in total. The number of ketones is 1. The first-order valence-corrected chi connectivity index (χ1v) is 6.03. The minimum absolute atomic E-state index is 0.0513. The van der Waals surface area contributed by atoms with Crippen molar-refractivity contribution < 1.29 is 4.79 Å². The molecule has 0 spiro atoms. The number of carbonyl (C=O) groups excluding carboxylic acids is 1. The molecule has 0 unspecified atom stereocenters. The molecule has 0 aliphatic carbocycles. The number of nitrogens with one attached hydrogen (secondary N) is 1. The Morgan fingerprint density at radius 1 is 1.53 bits per heavy atom. The first-order valence-electron chi connectivity index (χ1n) is 5.22. The molecule has 1 aromatic heterocycles. The molecule has 0 radical (unpaired) electrons. The normalized spacial score (nSPS) is 10.2. The van der Waals surface area contributed by atoms with Gasteiger partial charge in [0.15, 0.2) is 10.9 Å². The van der Waals surface area contributed by atoms with Crippen molar-refractivity contribution in [1.29, 1.82) is 0 Å². The molecule has 0 bridgehead atoms. The molecule has 0 amide bonds. The highest BCUT2D eigenvalue weighted by Gasteiger charge is 2.03. The van der Waals surface area contributed by atoms with Crippen LogP contribution in [0.4, 0.5) is 10.8 Å². The van der Waals surface area contributed by atoms with E-state index in [9.17, 15) is 4.79 Å². The monoisotopic (exact) mass is 247 g/mol. The standard InChI is InChI=1S/C12H13N3OS/c1-8(16)9-3-2-4-10(5-9)15-12-14-7-11(6-13)17-12/h2-5,7H,6,13H2,1H3,(H,14,15). The van der Waals surface area contributed by atoms with Crippen LogP contribution in [0.5, 0.6) is 0 Å². The summed E-state index contributed by atoms with van der Waals surface area (Å²) >= 11 is 1.51. The SMILES string of the molecule is CC(=O)c1cccc(Nc2ncc(CN)s2)c1. The van der Waals surface area contributed by atoms with E-state index >= 15 is 0 Å². The van der Waals surface area contributed by atoms with Gasteiger partial charge in [0.2, 0.25) is 0 Å². The van der Waals surface area contributed by atoms with E-state index in [2.05, 4.69) is 10.3 Å². The number of aromatic nitrogens is 1. The van der Waals surface area contributed by atoms with E-state index < -0.39 is 0 Å². The quantitative estimate of drug-likeness (QED) is 0.815. The van der Waals surface area contributed by atoms with Crippen molar-refractivity contribution >= 4 is 27.9 Å². The van der Waals surface area contributed by atoms with Crippen LogP contribution < -0.4 is 11.1 Å². The predicted octanol–water partition coefficient (Wildman–Crippen LogP) is 2.55. The van der Waals surface area contributed by atoms with Gasteiger partial charge in [-0.3, -0.25) is 4.79 Å². The van der Waals surface area contributed by atoms with Crippen LogP contribution in [0.1, 0.15) is 22.2 Å². The smallest absolute Gasteiger partial charge is 0.187 e. The number of hydrogen-bond donors (Lipinski definition) is 2. The molecule has 1 aromatic carbocycles. The van der Waals surface area contributed by atoms with Crippen LogP contribution >= 0.6 is 11.3 Å². The second-order valence-electron chi connectivity index (χ2n) is 3.60. The maximum absolute atomic E-state index is 11.2. The van der Waals surface area contributed by atoms with Gasteiger partial charge in [-0.05, 0) is 19.1 Å². The van der Waals surface area contributed by atoms with E-state index in [4.69, 9.17) is 5.73 Å². The summed E-state index contributed by atoms with van der Waals surface area (Å²) in [6.45, 7) is 2.04. The molecule has 4 nitrogen and oxygen atoms in total. The third kappa shape index (κ3) is 2.89. The van der Waals surface area contributed by atoms with Crippen molar-refractivity contribution in [3.05, 3.63) is 40.9 Å². The average molecular weight is 247 g/mol. The van der Waals surface area contributed by atoms with Crippen LogP contribution in [0.15, 0.2) is 30.5 Å². The third-order valence-corrected chi connectivity index (χ3v) is 3.21. The van der Waals surface area contributed by atoms with Gasteiger partial charge in [0, 0.05) is 28.9 Å². The first kappa shape index (κ1) is 11.8. The van der Waals surface area contributed by atoms with Crippen molar-refractivity contribution in [1.82, 2.24) is 4.98 Å². The Morgan fingerprint density at radius 3 is 3.00 bits per heavy atom. The molecule has 5 heteroatoms. The molecule has 0 saturated heterocycles. The fourth-order valence-electron chi connectivity index (χ4n) is 1.40. The van der Waals surface area contributed by atoms with Crippen LogP contribution in [-0.2, 0) is 6.54 Å². The lowest BCUT2D eigenvalue weighted by atomic mass is 10.1. The van der Waals surface area contributed by atoms with E-state index in [1.165, 1.54) is 11.3 Å². The minimum Gasteiger partial charge on any atom is -0.332 e. The Kier molecular flexibility index (Phi) is 3.51. The van der Waals surface area contributed by atoms with Gasteiger partial charge in [-0.2, -0.15) is 0 Å². The molecular formula is C12H13N3OS. The largest absolute Gasteiger partial charge is 0.332 e. The molecule has 88 valence electrons. The van der Waals surface area contributed by atoms with Crippen molar-refractivity contribution in [3.8, 4) is 0 Å². The molecule has 0 aliphatic rings. The summed E-state index contributed by atoms with van der Waals surface area (Å²) in [6, 6.07) is 7.35. The second-order valence-corrected chi connectivity index (χ2v) is 4.71. The Hall–Kier alpha value is -1.72. The zero-order valence-electron chi connectivity index (χ0n) is 9.43. The van der Waals surface area contributed by atoms with Gasteiger partial charge >= 0.3 is 0 Å². The van der Waals surface area contributed by atoms with E-state index in [1.54, 1.807) is 19.2 Å². The number of thiazole rings is 1. The number of nitrogens with two attached hydrogens (primary N) is 1. The van der Waals surface area contributed by atoms with Crippen molar-refractivity contribution in [2.75, 3.05) is 5.32 Å². The lowest BCUT2D eigenvalue weighted by Gasteiger charge is -2.03. The van der Waals surface area contributed by atoms with Crippen molar-refractivity contribution in [2.24, 2.45) is 5.73 Å². The number of rotatable bonds is 4. The number of hydrogen-bond acceptors (Lipinski definition) is 5. The van der Waals surface area contributed by atoms with E-state index in [-0.39, 0.29) is 5.78 Å². The van der Waals surface area contributed by atoms with Crippen LogP contribution in [0.2, 0.25) is 0 Å². The molecule has 17 heavy (non-hydrogen) atoms. The zero-order chi connectivity index (χ0) is 12.3. The summed E-state index contributed by atoms with van der Waals surface area (Å²) in [5.41, 5.74) is 7.06. The zero-order valence-corrected chi connectivity index (χ0v) is 10.3. The van der Waals surface area contributed by atoms with Crippen LogP contribution in [0.3, 0.4) is 0 Å². The topological polar surface area (TPSA) is 68.0 Å². The van der Waals surface area contributed by atoms with Gasteiger partial charge < -0.3 is 11.1 Å². The summed E-state index contributed by atoms with van der Waals surface area (Å²) in [5, 5.41) is 3.94. The third-order valence-electron chi connectivity index (χ3n) is 2.28. The fraction of sp³-hybridized carbons (Fsp3) is 0.167. The predicted molar refractivity (Wildman–Crippen MR) is 69.7 cm³/mol. The molecule has 0 fully saturated rings. The van der Waals surface area contributed by atoms with Gasteiger partial charge in [0.1, 0.15) is 0 Å².